The predicted octanol–water partition coefficient (Wildman–Crippen LogP) is 1.16. The van der Waals surface area contributed by atoms with Crippen molar-refractivity contribution in [2.24, 2.45) is 0 Å². The summed E-state index contributed by atoms with van der Waals surface area (Å²) in [6.07, 6.45) is 3.73. The minimum absolute atomic E-state index is 0.226. The van der Waals surface area contributed by atoms with Crippen LogP contribution in [-0.2, 0) is 11.3 Å². The highest BCUT2D eigenvalue weighted by molar-refractivity contribution is 5.91. The van der Waals surface area contributed by atoms with Crippen molar-refractivity contribution in [3.8, 4) is 5.75 Å². The number of rotatable bonds is 8. The van der Waals surface area contributed by atoms with Crippen LogP contribution in [0, 0.1) is 0 Å². The van der Waals surface area contributed by atoms with Crippen molar-refractivity contribution in [3.05, 3.63) is 41.7 Å². The second-order valence-corrected chi connectivity index (χ2v) is 6.24. The number of hydrogen-bond donors (Lipinski definition) is 2. The van der Waals surface area contributed by atoms with Crippen LogP contribution in [0.25, 0.3) is 0 Å². The van der Waals surface area contributed by atoms with E-state index in [1.807, 2.05) is 24.3 Å². The number of amides is 1. The molecule has 1 fully saturated rings. The first-order valence-electron chi connectivity index (χ1n) is 8.87. The third-order valence-corrected chi connectivity index (χ3v) is 4.33. The second kappa shape index (κ2) is 9.30. The number of carbonyl (C=O) groups excluding carboxylic acids is 1. The molecule has 8 nitrogen and oxygen atoms in total. The number of benzene rings is 1. The lowest BCUT2D eigenvalue weighted by atomic mass is 10.1. The number of carbonyl (C=O) groups is 1. The predicted molar refractivity (Wildman–Crippen MR) is 96.1 cm³/mol. The van der Waals surface area contributed by atoms with Gasteiger partial charge in [-0.3, -0.25) is 4.79 Å². The van der Waals surface area contributed by atoms with E-state index in [1.54, 1.807) is 18.0 Å². The van der Waals surface area contributed by atoms with Gasteiger partial charge in [-0.2, -0.15) is 0 Å². The summed E-state index contributed by atoms with van der Waals surface area (Å²) in [5.74, 6) is 0.529. The Morgan fingerprint density at radius 2 is 2.19 bits per heavy atom. The van der Waals surface area contributed by atoms with Crippen LogP contribution in [0.2, 0.25) is 0 Å². The molecule has 2 heterocycles. The highest BCUT2D eigenvalue weighted by Gasteiger charge is 2.18. The van der Waals surface area contributed by atoms with Gasteiger partial charge in [-0.1, -0.05) is 17.3 Å². The van der Waals surface area contributed by atoms with E-state index in [4.69, 9.17) is 9.47 Å². The van der Waals surface area contributed by atoms with E-state index in [1.165, 1.54) is 0 Å². The summed E-state index contributed by atoms with van der Waals surface area (Å²) < 4.78 is 12.4. The van der Waals surface area contributed by atoms with Gasteiger partial charge in [-0.15, -0.1) is 5.10 Å². The first-order valence-corrected chi connectivity index (χ1v) is 8.87. The van der Waals surface area contributed by atoms with E-state index in [2.05, 4.69) is 20.9 Å². The van der Waals surface area contributed by atoms with Crippen molar-refractivity contribution in [1.29, 1.82) is 0 Å². The van der Waals surface area contributed by atoms with Crippen LogP contribution in [0.5, 0.6) is 5.75 Å². The third kappa shape index (κ3) is 5.03. The zero-order valence-corrected chi connectivity index (χ0v) is 15.0. The van der Waals surface area contributed by atoms with Gasteiger partial charge in [-0.25, -0.2) is 4.68 Å². The van der Waals surface area contributed by atoms with E-state index >= 15 is 0 Å². The maximum atomic E-state index is 12.3. The molecule has 1 aliphatic heterocycles. The van der Waals surface area contributed by atoms with Gasteiger partial charge in [-0.05, 0) is 43.6 Å². The molecule has 3 rings (SSSR count). The molecule has 0 spiro atoms. The van der Waals surface area contributed by atoms with E-state index in [9.17, 15) is 4.79 Å². The van der Waals surface area contributed by atoms with E-state index in [0.29, 0.717) is 31.5 Å². The fourth-order valence-electron chi connectivity index (χ4n) is 2.89. The Balaban J connectivity index is 1.52. The molecule has 0 aliphatic carbocycles. The molecule has 2 N–H and O–H groups in total. The summed E-state index contributed by atoms with van der Waals surface area (Å²) in [5, 5.41) is 14.3. The molecule has 2 aromatic rings. The van der Waals surface area contributed by atoms with E-state index in [-0.39, 0.29) is 5.91 Å². The summed E-state index contributed by atoms with van der Waals surface area (Å²) in [5.41, 5.74) is 1.30. The Morgan fingerprint density at radius 3 is 3.00 bits per heavy atom. The molecule has 1 amide bonds. The van der Waals surface area contributed by atoms with Crippen LogP contribution in [0.3, 0.4) is 0 Å². The maximum absolute atomic E-state index is 12.3. The molecule has 1 aromatic carbocycles. The molecule has 1 aliphatic rings. The van der Waals surface area contributed by atoms with Crippen molar-refractivity contribution in [3.63, 3.8) is 0 Å². The van der Waals surface area contributed by atoms with Crippen LogP contribution in [0.15, 0.2) is 30.5 Å². The Hall–Kier alpha value is -2.45. The van der Waals surface area contributed by atoms with Crippen molar-refractivity contribution >= 4 is 5.91 Å². The molecule has 8 heteroatoms. The number of aromatic nitrogens is 3. The molecule has 140 valence electrons. The average molecular weight is 359 g/mol. The Labute approximate surface area is 152 Å². The molecule has 0 unspecified atom stereocenters. The summed E-state index contributed by atoms with van der Waals surface area (Å²) >= 11 is 0. The highest BCUT2D eigenvalue weighted by atomic mass is 16.5. The van der Waals surface area contributed by atoms with Crippen LogP contribution >= 0.6 is 0 Å². The molecule has 1 aromatic heterocycles. The Bertz CT molecular complexity index is 712. The van der Waals surface area contributed by atoms with Gasteiger partial charge < -0.3 is 20.1 Å². The largest absolute Gasteiger partial charge is 0.491 e. The molecule has 0 bridgehead atoms. The quantitative estimate of drug-likeness (QED) is 0.688. The van der Waals surface area contributed by atoms with Gasteiger partial charge in [0, 0.05) is 13.7 Å². The number of hydrogen-bond acceptors (Lipinski definition) is 6. The smallest absolute Gasteiger partial charge is 0.273 e. The second-order valence-electron chi connectivity index (χ2n) is 6.24. The number of piperidine rings is 1. The zero-order valence-electron chi connectivity index (χ0n) is 15.0. The lowest BCUT2D eigenvalue weighted by Gasteiger charge is -2.22. The van der Waals surface area contributed by atoms with Crippen molar-refractivity contribution in [1.82, 2.24) is 25.6 Å². The number of nitrogens with zero attached hydrogens (tertiary/aromatic N) is 3. The summed E-state index contributed by atoms with van der Waals surface area (Å²) in [6.45, 7) is 3.37. The van der Waals surface area contributed by atoms with Gasteiger partial charge in [0.15, 0.2) is 5.69 Å². The minimum Gasteiger partial charge on any atom is -0.491 e. The lowest BCUT2D eigenvalue weighted by Crippen LogP contribution is -2.29. The minimum atomic E-state index is -0.226. The average Bonchev–Trinajstić information content (AvgIpc) is 3.18. The van der Waals surface area contributed by atoms with Gasteiger partial charge in [0.05, 0.1) is 18.8 Å². The fourth-order valence-corrected chi connectivity index (χ4v) is 2.89. The maximum Gasteiger partial charge on any atom is 0.273 e. The number of nitrogens with one attached hydrogen (secondary N) is 2. The summed E-state index contributed by atoms with van der Waals surface area (Å²) in [4.78, 5) is 12.3. The van der Waals surface area contributed by atoms with Gasteiger partial charge in [0.25, 0.3) is 5.91 Å². The Morgan fingerprint density at radius 1 is 1.35 bits per heavy atom. The number of methoxy groups -OCH3 is 1. The topological polar surface area (TPSA) is 90.3 Å². The normalized spacial score (nSPS) is 15.0. The van der Waals surface area contributed by atoms with Gasteiger partial charge >= 0.3 is 0 Å². The van der Waals surface area contributed by atoms with Crippen LogP contribution in [0.1, 0.15) is 34.9 Å². The van der Waals surface area contributed by atoms with Crippen LogP contribution in [0.4, 0.5) is 0 Å². The number of ether oxygens (including phenoxy) is 2. The van der Waals surface area contributed by atoms with Crippen LogP contribution in [-0.4, -0.2) is 54.3 Å². The van der Waals surface area contributed by atoms with E-state index < -0.39 is 0 Å². The first-order chi connectivity index (χ1) is 12.8. The van der Waals surface area contributed by atoms with Crippen molar-refractivity contribution in [2.45, 2.75) is 25.4 Å². The molecule has 0 saturated carbocycles. The SMILES string of the molecule is COCCOc1cccc(CNC(=O)c2cn(C3CCNCC3)nn2)c1. The third-order valence-electron chi connectivity index (χ3n) is 4.33. The van der Waals surface area contributed by atoms with Gasteiger partial charge in [0.2, 0.25) is 0 Å². The molecular weight excluding hydrogens is 334 g/mol. The van der Waals surface area contributed by atoms with Crippen molar-refractivity contribution < 1.29 is 14.3 Å². The highest BCUT2D eigenvalue weighted by Crippen LogP contribution is 2.17. The van der Waals surface area contributed by atoms with Crippen molar-refractivity contribution in [2.75, 3.05) is 33.4 Å². The lowest BCUT2D eigenvalue weighted by molar-refractivity contribution is 0.0945. The monoisotopic (exact) mass is 359 g/mol. The van der Waals surface area contributed by atoms with Gasteiger partial charge in [0.1, 0.15) is 12.4 Å². The van der Waals surface area contributed by atoms with Crippen LogP contribution < -0.4 is 15.4 Å². The molecule has 0 atom stereocenters. The molecule has 1 saturated heterocycles. The molecule has 26 heavy (non-hydrogen) atoms. The Kier molecular flexibility index (Phi) is 6.56. The zero-order chi connectivity index (χ0) is 18.2. The molecular formula is C18H25N5O3. The molecule has 0 radical (unpaired) electrons. The summed E-state index contributed by atoms with van der Waals surface area (Å²) in [6, 6.07) is 7.94. The fraction of sp³-hybridized carbons (Fsp3) is 0.500. The first kappa shape index (κ1) is 18.3. The summed E-state index contributed by atoms with van der Waals surface area (Å²) in [7, 11) is 1.64. The van der Waals surface area contributed by atoms with E-state index in [0.717, 1.165) is 37.2 Å². The standard InChI is InChI=1S/C18H25N5O3/c1-25-9-10-26-16-4-2-3-14(11-16)12-20-18(24)17-13-23(22-21-17)15-5-7-19-8-6-15/h2-4,11,13,15,19H,5-10,12H2,1H3,(H,20,24).